The summed E-state index contributed by atoms with van der Waals surface area (Å²) in [4.78, 5) is 32.3. The predicted molar refractivity (Wildman–Crippen MR) is 56.5 cm³/mol. The van der Waals surface area contributed by atoms with E-state index in [1.807, 2.05) is 0 Å². The molecule has 0 unspecified atom stereocenters. The third-order valence-corrected chi connectivity index (χ3v) is 1.95. The Morgan fingerprint density at radius 2 is 1.81 bits per heavy atom. The van der Waals surface area contributed by atoms with E-state index < -0.39 is 12.0 Å². The summed E-state index contributed by atoms with van der Waals surface area (Å²) in [6, 6.07) is -0.973. The van der Waals surface area contributed by atoms with Gasteiger partial charge in [0, 0.05) is 26.4 Å². The van der Waals surface area contributed by atoms with Crippen molar-refractivity contribution in [3.63, 3.8) is 0 Å². The summed E-state index contributed by atoms with van der Waals surface area (Å²) < 4.78 is 0. The number of aliphatic carboxylic acids is 1. The monoisotopic (exact) mass is 231 g/mol. The highest BCUT2D eigenvalue weighted by molar-refractivity contribution is 5.83. The molecule has 5 N–H and O–H groups in total. The second-order valence-electron chi connectivity index (χ2n) is 3.26. The quantitative estimate of drug-likeness (QED) is 0.422. The molecule has 1 atom stereocenters. The van der Waals surface area contributed by atoms with Gasteiger partial charge in [-0.3, -0.25) is 14.4 Å². The minimum Gasteiger partial charge on any atom is -0.480 e. The maximum atomic E-state index is 11.1. The molecular formula is C9H17N3O4. The van der Waals surface area contributed by atoms with Gasteiger partial charge >= 0.3 is 5.97 Å². The van der Waals surface area contributed by atoms with E-state index in [2.05, 4.69) is 10.6 Å². The number of hydrogen-bond donors (Lipinski definition) is 4. The van der Waals surface area contributed by atoms with Crippen LogP contribution in [0.4, 0.5) is 0 Å². The normalized spacial score (nSPS) is 11.6. The first-order valence-electron chi connectivity index (χ1n) is 4.93. The number of carboxylic acid groups (broad SMARTS) is 1. The molecule has 0 aromatic heterocycles. The summed E-state index contributed by atoms with van der Waals surface area (Å²) >= 11 is 0. The van der Waals surface area contributed by atoms with Crippen LogP contribution in [0.25, 0.3) is 0 Å². The van der Waals surface area contributed by atoms with Crippen LogP contribution in [-0.4, -0.2) is 42.5 Å². The highest BCUT2D eigenvalue weighted by Crippen LogP contribution is 1.90. The van der Waals surface area contributed by atoms with E-state index in [1.54, 1.807) is 0 Å². The summed E-state index contributed by atoms with van der Waals surface area (Å²) in [5, 5.41) is 13.3. The molecule has 16 heavy (non-hydrogen) atoms. The Hall–Kier alpha value is -1.63. The Balaban J connectivity index is 3.58. The van der Waals surface area contributed by atoms with Gasteiger partial charge in [-0.1, -0.05) is 0 Å². The maximum absolute atomic E-state index is 11.1. The van der Waals surface area contributed by atoms with Gasteiger partial charge in [0.25, 0.3) is 0 Å². The topological polar surface area (TPSA) is 122 Å². The number of carbonyl (C=O) groups excluding carboxylic acids is 2. The largest absolute Gasteiger partial charge is 0.480 e. The smallest absolute Gasteiger partial charge is 0.320 e. The lowest BCUT2D eigenvalue weighted by molar-refractivity contribution is -0.138. The number of amides is 2. The highest BCUT2D eigenvalue weighted by atomic mass is 16.4. The molecule has 2 amide bonds. The first-order valence-corrected chi connectivity index (χ1v) is 4.93. The fourth-order valence-electron chi connectivity index (χ4n) is 0.931. The fourth-order valence-corrected chi connectivity index (χ4v) is 0.931. The van der Waals surface area contributed by atoms with Crippen LogP contribution in [0.2, 0.25) is 0 Å². The first kappa shape index (κ1) is 14.4. The van der Waals surface area contributed by atoms with Crippen LogP contribution in [0.15, 0.2) is 0 Å². The number of nitrogens with two attached hydrogens (primary N) is 1. The fraction of sp³-hybridized carbons (Fsp3) is 0.667. The molecule has 92 valence electrons. The van der Waals surface area contributed by atoms with Crippen molar-refractivity contribution in [2.75, 3.05) is 13.6 Å². The van der Waals surface area contributed by atoms with E-state index in [9.17, 15) is 14.4 Å². The molecule has 0 aliphatic rings. The molecule has 0 saturated heterocycles. The summed E-state index contributed by atoms with van der Waals surface area (Å²) in [6.07, 6.45) is 0.371. The van der Waals surface area contributed by atoms with Gasteiger partial charge in [0.15, 0.2) is 0 Å². The minimum absolute atomic E-state index is 0.0853. The van der Waals surface area contributed by atoms with E-state index in [4.69, 9.17) is 10.8 Å². The third kappa shape index (κ3) is 6.77. The number of carbonyl (C=O) groups is 3. The number of nitrogens with one attached hydrogen (secondary N) is 2. The molecule has 0 spiro atoms. The molecule has 0 bridgehead atoms. The van der Waals surface area contributed by atoms with Crippen molar-refractivity contribution < 1.29 is 19.5 Å². The lowest BCUT2D eigenvalue weighted by Gasteiger charge is -2.07. The molecule has 0 aliphatic heterocycles. The lowest BCUT2D eigenvalue weighted by atomic mass is 10.2. The van der Waals surface area contributed by atoms with Gasteiger partial charge in [0.2, 0.25) is 11.8 Å². The average molecular weight is 231 g/mol. The zero-order valence-electron chi connectivity index (χ0n) is 9.16. The molecule has 0 radical (unpaired) electrons. The molecule has 0 aromatic rings. The van der Waals surface area contributed by atoms with Crippen LogP contribution in [0.5, 0.6) is 0 Å². The molecule has 0 fully saturated rings. The molecule has 0 rings (SSSR count). The van der Waals surface area contributed by atoms with Crippen molar-refractivity contribution >= 4 is 17.8 Å². The minimum atomic E-state index is -1.10. The van der Waals surface area contributed by atoms with Crippen LogP contribution >= 0.6 is 0 Å². The SMILES string of the molecule is CNC(=O)CCC(=O)NCC[C@H](N)C(=O)O. The van der Waals surface area contributed by atoms with Crippen molar-refractivity contribution in [2.24, 2.45) is 5.73 Å². The van der Waals surface area contributed by atoms with Crippen molar-refractivity contribution in [3.05, 3.63) is 0 Å². The number of carboxylic acids is 1. The van der Waals surface area contributed by atoms with Gasteiger partial charge < -0.3 is 21.5 Å². The van der Waals surface area contributed by atoms with Crippen LogP contribution in [0, 0.1) is 0 Å². The highest BCUT2D eigenvalue weighted by Gasteiger charge is 2.11. The van der Waals surface area contributed by atoms with Crippen LogP contribution in [0.1, 0.15) is 19.3 Å². The molecule has 0 heterocycles. The van der Waals surface area contributed by atoms with Crippen molar-refractivity contribution in [2.45, 2.75) is 25.3 Å². The molecule has 7 nitrogen and oxygen atoms in total. The second-order valence-corrected chi connectivity index (χ2v) is 3.26. The summed E-state index contributed by atoms with van der Waals surface area (Å²) in [6.45, 7) is 0.194. The maximum Gasteiger partial charge on any atom is 0.320 e. The molecule has 0 aromatic carbocycles. The number of hydrogen-bond acceptors (Lipinski definition) is 4. The van der Waals surface area contributed by atoms with Crippen LogP contribution in [0.3, 0.4) is 0 Å². The van der Waals surface area contributed by atoms with E-state index in [0.717, 1.165) is 0 Å². The van der Waals surface area contributed by atoms with Crippen molar-refractivity contribution in [1.29, 1.82) is 0 Å². The average Bonchev–Trinajstić information content (AvgIpc) is 2.25. The van der Waals surface area contributed by atoms with Gasteiger partial charge in [0.1, 0.15) is 6.04 Å². The summed E-state index contributed by atoms with van der Waals surface area (Å²) in [7, 11) is 1.49. The zero-order chi connectivity index (χ0) is 12.6. The molecule has 0 aliphatic carbocycles. The molecule has 7 heteroatoms. The summed E-state index contributed by atoms with van der Waals surface area (Å²) in [5.74, 6) is -1.60. The first-order chi connectivity index (χ1) is 7.47. The van der Waals surface area contributed by atoms with E-state index in [-0.39, 0.29) is 37.6 Å². The number of rotatable bonds is 7. The van der Waals surface area contributed by atoms with E-state index in [0.29, 0.717) is 0 Å². The van der Waals surface area contributed by atoms with E-state index >= 15 is 0 Å². The van der Waals surface area contributed by atoms with Gasteiger partial charge in [-0.2, -0.15) is 0 Å². The Morgan fingerprint density at radius 3 is 2.31 bits per heavy atom. The predicted octanol–water partition coefficient (Wildman–Crippen LogP) is -1.57. The van der Waals surface area contributed by atoms with Crippen LogP contribution in [-0.2, 0) is 14.4 Å². The van der Waals surface area contributed by atoms with Gasteiger partial charge in [-0.05, 0) is 6.42 Å². The third-order valence-electron chi connectivity index (χ3n) is 1.95. The molecule has 0 saturated carbocycles. The van der Waals surface area contributed by atoms with E-state index in [1.165, 1.54) is 7.05 Å². The Labute approximate surface area is 93.4 Å². The van der Waals surface area contributed by atoms with Crippen LogP contribution < -0.4 is 16.4 Å². The van der Waals surface area contributed by atoms with Crippen molar-refractivity contribution in [1.82, 2.24) is 10.6 Å². The van der Waals surface area contributed by atoms with Gasteiger partial charge in [0.05, 0.1) is 0 Å². The lowest BCUT2D eigenvalue weighted by Crippen LogP contribution is -2.35. The van der Waals surface area contributed by atoms with Gasteiger partial charge in [-0.25, -0.2) is 0 Å². The molecular weight excluding hydrogens is 214 g/mol. The van der Waals surface area contributed by atoms with Gasteiger partial charge in [-0.15, -0.1) is 0 Å². The standard InChI is InChI=1S/C9H17N3O4/c1-11-7(13)2-3-8(14)12-5-4-6(10)9(15)16/h6H,2-5,10H2,1H3,(H,11,13)(H,12,14)(H,15,16)/t6-/m0/s1. The Morgan fingerprint density at radius 1 is 1.25 bits per heavy atom. The zero-order valence-corrected chi connectivity index (χ0v) is 9.16. The van der Waals surface area contributed by atoms with Crippen molar-refractivity contribution in [3.8, 4) is 0 Å². The Bertz CT molecular complexity index is 267. The second kappa shape index (κ2) is 7.63. The summed E-state index contributed by atoms with van der Waals surface area (Å²) in [5.41, 5.74) is 5.23. The Kier molecular flexibility index (Phi) is 6.86.